The number of nitrogens with zero attached hydrogens (tertiary/aromatic N) is 1. The van der Waals surface area contributed by atoms with Crippen molar-refractivity contribution < 1.29 is 4.79 Å². The van der Waals surface area contributed by atoms with Gasteiger partial charge in [0, 0.05) is 6.54 Å². The molecule has 5 heteroatoms. The summed E-state index contributed by atoms with van der Waals surface area (Å²) in [6.07, 6.45) is 2.74. The standard InChI is InChI=1S/C15H16ClN3O/c1-2-9-17-11-7-8-14(18-10-11)19-15(20)12-5-3-4-6-13(12)16/h3-8,10,17H,2,9H2,1H3,(H,18,19,20). The number of hydrogen-bond donors (Lipinski definition) is 2. The highest BCUT2D eigenvalue weighted by molar-refractivity contribution is 6.34. The van der Waals surface area contributed by atoms with Crippen LogP contribution in [-0.4, -0.2) is 17.4 Å². The Morgan fingerprint density at radius 3 is 2.70 bits per heavy atom. The molecule has 2 N–H and O–H groups in total. The third-order valence-electron chi connectivity index (χ3n) is 2.70. The van der Waals surface area contributed by atoms with Crippen molar-refractivity contribution in [2.75, 3.05) is 17.2 Å². The van der Waals surface area contributed by atoms with Crippen LogP contribution in [0.25, 0.3) is 0 Å². The zero-order valence-electron chi connectivity index (χ0n) is 11.2. The van der Waals surface area contributed by atoms with Gasteiger partial charge in [0.25, 0.3) is 5.91 Å². The van der Waals surface area contributed by atoms with E-state index in [4.69, 9.17) is 11.6 Å². The molecule has 0 aliphatic carbocycles. The van der Waals surface area contributed by atoms with Crippen molar-refractivity contribution in [3.05, 3.63) is 53.2 Å². The highest BCUT2D eigenvalue weighted by Crippen LogP contribution is 2.17. The summed E-state index contributed by atoms with van der Waals surface area (Å²) in [7, 11) is 0. The first-order valence-electron chi connectivity index (χ1n) is 6.46. The number of aromatic nitrogens is 1. The molecule has 0 saturated carbocycles. The third-order valence-corrected chi connectivity index (χ3v) is 3.03. The fourth-order valence-corrected chi connectivity index (χ4v) is 1.89. The van der Waals surface area contributed by atoms with E-state index in [0.717, 1.165) is 18.7 Å². The molecule has 104 valence electrons. The molecule has 1 heterocycles. The van der Waals surface area contributed by atoms with Gasteiger partial charge in [-0.3, -0.25) is 4.79 Å². The molecule has 20 heavy (non-hydrogen) atoms. The number of halogens is 1. The van der Waals surface area contributed by atoms with Gasteiger partial charge in [0.05, 0.1) is 22.5 Å². The van der Waals surface area contributed by atoms with E-state index in [-0.39, 0.29) is 5.91 Å². The number of pyridine rings is 1. The van der Waals surface area contributed by atoms with Crippen LogP contribution in [0.4, 0.5) is 11.5 Å². The summed E-state index contributed by atoms with van der Waals surface area (Å²) in [5.74, 6) is 0.231. The molecule has 0 spiro atoms. The van der Waals surface area contributed by atoms with Crippen LogP contribution in [0.3, 0.4) is 0 Å². The average molecular weight is 290 g/mol. The van der Waals surface area contributed by atoms with Crippen LogP contribution in [0.1, 0.15) is 23.7 Å². The van der Waals surface area contributed by atoms with Crippen molar-refractivity contribution in [1.29, 1.82) is 0 Å². The lowest BCUT2D eigenvalue weighted by Gasteiger charge is -2.07. The molecule has 4 nitrogen and oxygen atoms in total. The summed E-state index contributed by atoms with van der Waals surface area (Å²) in [6.45, 7) is 2.99. The van der Waals surface area contributed by atoms with Crippen LogP contribution >= 0.6 is 11.6 Å². The SMILES string of the molecule is CCCNc1ccc(NC(=O)c2ccccc2Cl)nc1. The maximum atomic E-state index is 12.0. The lowest BCUT2D eigenvalue weighted by Crippen LogP contribution is -2.13. The lowest BCUT2D eigenvalue weighted by molar-refractivity contribution is 0.102. The molecule has 0 aliphatic rings. The molecule has 2 rings (SSSR count). The predicted molar refractivity (Wildman–Crippen MR) is 82.4 cm³/mol. The first kappa shape index (κ1) is 14.3. The lowest BCUT2D eigenvalue weighted by atomic mass is 10.2. The molecule has 0 saturated heterocycles. The summed E-state index contributed by atoms with van der Waals surface area (Å²) in [5.41, 5.74) is 1.37. The number of carbonyl (C=O) groups excluding carboxylic acids is 1. The summed E-state index contributed by atoms with van der Waals surface area (Å²) in [4.78, 5) is 16.2. The van der Waals surface area contributed by atoms with E-state index < -0.39 is 0 Å². The minimum atomic E-state index is -0.266. The second-order valence-electron chi connectivity index (χ2n) is 4.29. The Kier molecular flexibility index (Phi) is 4.96. The minimum Gasteiger partial charge on any atom is -0.384 e. The normalized spacial score (nSPS) is 10.1. The molecule has 0 unspecified atom stereocenters. The average Bonchev–Trinajstić information content (AvgIpc) is 2.47. The van der Waals surface area contributed by atoms with E-state index in [1.807, 2.05) is 6.07 Å². The Morgan fingerprint density at radius 2 is 2.05 bits per heavy atom. The largest absolute Gasteiger partial charge is 0.384 e. The first-order valence-corrected chi connectivity index (χ1v) is 6.84. The predicted octanol–water partition coefficient (Wildman–Crippen LogP) is 3.81. The van der Waals surface area contributed by atoms with Crippen LogP contribution in [0.5, 0.6) is 0 Å². The second-order valence-corrected chi connectivity index (χ2v) is 4.70. The fourth-order valence-electron chi connectivity index (χ4n) is 1.67. The number of anilines is 2. The van der Waals surface area contributed by atoms with Crippen molar-refractivity contribution in [3.8, 4) is 0 Å². The van der Waals surface area contributed by atoms with Gasteiger partial charge in [0.15, 0.2) is 0 Å². The Labute approximate surface area is 123 Å². The Hall–Kier alpha value is -2.07. The van der Waals surface area contributed by atoms with Crippen molar-refractivity contribution in [1.82, 2.24) is 4.98 Å². The molecule has 0 fully saturated rings. The molecular weight excluding hydrogens is 274 g/mol. The minimum absolute atomic E-state index is 0.266. The number of nitrogens with one attached hydrogen (secondary N) is 2. The molecule has 1 aromatic carbocycles. The number of rotatable bonds is 5. The van der Waals surface area contributed by atoms with Gasteiger partial charge in [-0.1, -0.05) is 30.7 Å². The molecule has 0 radical (unpaired) electrons. The quantitative estimate of drug-likeness (QED) is 0.880. The van der Waals surface area contributed by atoms with Crippen molar-refractivity contribution in [2.24, 2.45) is 0 Å². The van der Waals surface area contributed by atoms with Gasteiger partial charge in [-0.05, 0) is 30.7 Å². The molecule has 1 aromatic heterocycles. The van der Waals surface area contributed by atoms with Gasteiger partial charge in [-0.15, -0.1) is 0 Å². The summed E-state index contributed by atoms with van der Waals surface area (Å²) >= 11 is 5.98. The second kappa shape index (κ2) is 6.91. The van der Waals surface area contributed by atoms with Crippen molar-refractivity contribution in [2.45, 2.75) is 13.3 Å². The number of carbonyl (C=O) groups is 1. The summed E-state index contributed by atoms with van der Waals surface area (Å²) in [6, 6.07) is 10.5. The van der Waals surface area contributed by atoms with Crippen LogP contribution in [0.2, 0.25) is 5.02 Å². The smallest absolute Gasteiger partial charge is 0.258 e. The Bertz CT molecular complexity index is 584. The molecule has 2 aromatic rings. The van der Waals surface area contributed by atoms with Gasteiger partial charge in [-0.2, -0.15) is 0 Å². The van der Waals surface area contributed by atoms with Gasteiger partial charge >= 0.3 is 0 Å². The highest BCUT2D eigenvalue weighted by atomic mass is 35.5. The number of benzene rings is 1. The topological polar surface area (TPSA) is 54.0 Å². The van der Waals surface area contributed by atoms with E-state index in [1.165, 1.54) is 0 Å². The zero-order chi connectivity index (χ0) is 14.4. The van der Waals surface area contributed by atoms with Crippen LogP contribution < -0.4 is 10.6 Å². The Balaban J connectivity index is 2.03. The van der Waals surface area contributed by atoms with E-state index in [2.05, 4.69) is 22.5 Å². The van der Waals surface area contributed by atoms with E-state index in [9.17, 15) is 4.79 Å². The van der Waals surface area contributed by atoms with Crippen molar-refractivity contribution >= 4 is 29.0 Å². The molecular formula is C15H16ClN3O. The highest BCUT2D eigenvalue weighted by Gasteiger charge is 2.10. The molecule has 0 bridgehead atoms. The van der Waals surface area contributed by atoms with Gasteiger partial charge in [0.1, 0.15) is 5.82 Å². The van der Waals surface area contributed by atoms with Crippen LogP contribution in [-0.2, 0) is 0 Å². The van der Waals surface area contributed by atoms with Gasteiger partial charge in [0.2, 0.25) is 0 Å². The molecule has 0 atom stereocenters. The third kappa shape index (κ3) is 3.71. The maximum Gasteiger partial charge on any atom is 0.258 e. The number of amides is 1. The Morgan fingerprint density at radius 1 is 1.25 bits per heavy atom. The van der Waals surface area contributed by atoms with Gasteiger partial charge < -0.3 is 10.6 Å². The van der Waals surface area contributed by atoms with Crippen LogP contribution in [0, 0.1) is 0 Å². The zero-order valence-corrected chi connectivity index (χ0v) is 11.9. The van der Waals surface area contributed by atoms with E-state index >= 15 is 0 Å². The maximum absolute atomic E-state index is 12.0. The summed E-state index contributed by atoms with van der Waals surface area (Å²) in [5, 5.41) is 6.36. The van der Waals surface area contributed by atoms with E-state index in [1.54, 1.807) is 36.5 Å². The fraction of sp³-hybridized carbons (Fsp3) is 0.200. The molecule has 0 aliphatic heterocycles. The van der Waals surface area contributed by atoms with Gasteiger partial charge in [-0.25, -0.2) is 4.98 Å². The summed E-state index contributed by atoms with van der Waals surface area (Å²) < 4.78 is 0. The monoisotopic (exact) mass is 289 g/mol. The van der Waals surface area contributed by atoms with Crippen LogP contribution in [0.15, 0.2) is 42.6 Å². The first-order chi connectivity index (χ1) is 9.70. The van der Waals surface area contributed by atoms with E-state index in [0.29, 0.717) is 16.4 Å². The molecule has 1 amide bonds. The number of hydrogen-bond acceptors (Lipinski definition) is 3. The van der Waals surface area contributed by atoms with Crippen molar-refractivity contribution in [3.63, 3.8) is 0 Å².